The smallest absolute Gasteiger partial charge is 0.0423 e. The summed E-state index contributed by atoms with van der Waals surface area (Å²) in [5, 5.41) is 7.10. The van der Waals surface area contributed by atoms with Crippen molar-refractivity contribution in [2.24, 2.45) is 0 Å². The zero-order valence-electron chi connectivity index (χ0n) is 15.5. The summed E-state index contributed by atoms with van der Waals surface area (Å²) in [5.74, 6) is 0. The molecule has 1 atom stereocenters. The number of hydrogen-bond acceptors (Lipinski definition) is 4. The SMILES string of the molecule is c1cc(N[C@@H]2CCN(Cc3ccc(SC4CC4)cc3)C2)c2ccncc2c1. The monoisotopic (exact) mass is 375 g/mol. The highest BCUT2D eigenvalue weighted by Gasteiger charge is 2.24. The van der Waals surface area contributed by atoms with E-state index in [0.29, 0.717) is 6.04 Å². The topological polar surface area (TPSA) is 28.2 Å². The van der Waals surface area contributed by atoms with Gasteiger partial charge in [0.25, 0.3) is 0 Å². The number of anilines is 1. The van der Waals surface area contributed by atoms with Gasteiger partial charge < -0.3 is 5.32 Å². The van der Waals surface area contributed by atoms with Gasteiger partial charge in [0.05, 0.1) is 0 Å². The Labute approximate surface area is 165 Å². The molecule has 1 aliphatic heterocycles. The van der Waals surface area contributed by atoms with Gasteiger partial charge in [0.15, 0.2) is 0 Å². The molecule has 0 radical (unpaired) electrons. The first-order valence-corrected chi connectivity index (χ1v) is 10.8. The van der Waals surface area contributed by atoms with Crippen LogP contribution >= 0.6 is 11.8 Å². The number of nitrogens with zero attached hydrogens (tertiary/aromatic N) is 2. The lowest BCUT2D eigenvalue weighted by Crippen LogP contribution is -2.26. The number of fused-ring (bicyclic) bond motifs is 1. The van der Waals surface area contributed by atoms with E-state index in [1.807, 2.05) is 24.2 Å². The minimum Gasteiger partial charge on any atom is -0.380 e. The third kappa shape index (κ3) is 4.12. The van der Waals surface area contributed by atoms with Crippen LogP contribution in [0.3, 0.4) is 0 Å². The van der Waals surface area contributed by atoms with Gasteiger partial charge in [0, 0.05) is 64.7 Å². The van der Waals surface area contributed by atoms with Crippen LogP contribution in [0, 0.1) is 0 Å². The van der Waals surface area contributed by atoms with Crippen LogP contribution in [0.15, 0.2) is 65.8 Å². The number of benzene rings is 2. The maximum atomic E-state index is 4.23. The quantitative estimate of drug-likeness (QED) is 0.643. The van der Waals surface area contributed by atoms with E-state index in [4.69, 9.17) is 0 Å². The lowest BCUT2D eigenvalue weighted by Gasteiger charge is -2.18. The lowest BCUT2D eigenvalue weighted by molar-refractivity contribution is 0.328. The van der Waals surface area contributed by atoms with Gasteiger partial charge in [0.1, 0.15) is 0 Å². The van der Waals surface area contributed by atoms with Crippen molar-refractivity contribution < 1.29 is 0 Å². The van der Waals surface area contributed by atoms with Crippen molar-refractivity contribution in [1.82, 2.24) is 9.88 Å². The maximum Gasteiger partial charge on any atom is 0.0423 e. The van der Waals surface area contributed by atoms with Crippen molar-refractivity contribution in [2.45, 2.75) is 42.0 Å². The van der Waals surface area contributed by atoms with Gasteiger partial charge in [-0.3, -0.25) is 9.88 Å². The van der Waals surface area contributed by atoms with Gasteiger partial charge in [-0.25, -0.2) is 0 Å². The second-order valence-corrected chi connectivity index (χ2v) is 9.10. The molecule has 1 aliphatic carbocycles. The van der Waals surface area contributed by atoms with Crippen LogP contribution in [-0.4, -0.2) is 34.3 Å². The van der Waals surface area contributed by atoms with Crippen LogP contribution in [0.25, 0.3) is 10.8 Å². The first-order chi connectivity index (χ1) is 13.3. The predicted octanol–water partition coefficient (Wildman–Crippen LogP) is 5.18. The Kier molecular flexibility index (Phi) is 4.76. The molecular weight excluding hydrogens is 350 g/mol. The molecule has 138 valence electrons. The average molecular weight is 376 g/mol. The molecule has 3 nitrogen and oxygen atoms in total. The second-order valence-electron chi connectivity index (χ2n) is 7.73. The Morgan fingerprint density at radius 2 is 1.93 bits per heavy atom. The summed E-state index contributed by atoms with van der Waals surface area (Å²) >= 11 is 2.04. The van der Waals surface area contributed by atoms with Crippen molar-refractivity contribution in [2.75, 3.05) is 18.4 Å². The third-order valence-corrected chi connectivity index (χ3v) is 6.82. The van der Waals surface area contributed by atoms with Crippen LogP contribution in [0.4, 0.5) is 5.69 Å². The van der Waals surface area contributed by atoms with E-state index in [1.54, 1.807) is 0 Å². The highest BCUT2D eigenvalue weighted by Crippen LogP contribution is 2.39. The van der Waals surface area contributed by atoms with Gasteiger partial charge in [0.2, 0.25) is 0 Å². The van der Waals surface area contributed by atoms with E-state index in [-0.39, 0.29) is 0 Å². The first kappa shape index (κ1) is 17.1. The third-order valence-electron chi connectivity index (χ3n) is 5.47. The van der Waals surface area contributed by atoms with Crippen LogP contribution in [0.1, 0.15) is 24.8 Å². The van der Waals surface area contributed by atoms with Crippen molar-refractivity contribution >= 4 is 28.2 Å². The van der Waals surface area contributed by atoms with E-state index < -0.39 is 0 Å². The number of thioether (sulfide) groups is 1. The van der Waals surface area contributed by atoms with Crippen molar-refractivity contribution in [3.63, 3.8) is 0 Å². The Morgan fingerprint density at radius 1 is 1.04 bits per heavy atom. The molecule has 1 aromatic heterocycles. The average Bonchev–Trinajstić information content (AvgIpc) is 3.41. The molecule has 0 bridgehead atoms. The minimum absolute atomic E-state index is 0.508. The van der Waals surface area contributed by atoms with Crippen LogP contribution in [0.5, 0.6) is 0 Å². The van der Waals surface area contributed by atoms with Crippen molar-refractivity contribution in [3.05, 3.63) is 66.5 Å². The Bertz CT molecular complexity index is 915. The van der Waals surface area contributed by atoms with Crippen LogP contribution < -0.4 is 5.32 Å². The molecule has 0 spiro atoms. The summed E-state index contributed by atoms with van der Waals surface area (Å²) < 4.78 is 0. The first-order valence-electron chi connectivity index (χ1n) is 9.91. The molecule has 1 N–H and O–H groups in total. The molecular formula is C23H25N3S. The van der Waals surface area contributed by atoms with Crippen molar-refractivity contribution in [1.29, 1.82) is 0 Å². The molecule has 5 rings (SSSR count). The van der Waals surface area contributed by atoms with E-state index in [2.05, 4.69) is 63.7 Å². The summed E-state index contributed by atoms with van der Waals surface area (Å²) in [5.41, 5.74) is 2.65. The molecule has 27 heavy (non-hydrogen) atoms. The Morgan fingerprint density at radius 3 is 2.78 bits per heavy atom. The Balaban J connectivity index is 1.19. The molecule has 0 amide bonds. The van der Waals surface area contributed by atoms with E-state index in [0.717, 1.165) is 24.9 Å². The summed E-state index contributed by atoms with van der Waals surface area (Å²) in [6.07, 6.45) is 7.78. The standard InChI is InChI=1S/C23H25N3S/c1-2-18-14-24-12-10-22(18)23(3-1)25-19-11-13-26(16-19)15-17-4-6-20(7-5-17)27-21-8-9-21/h1-7,10,12,14,19,21,25H,8-9,11,13,15-16H2/t19-/m1/s1. The van der Waals surface area contributed by atoms with Crippen LogP contribution in [0.2, 0.25) is 0 Å². The highest BCUT2D eigenvalue weighted by molar-refractivity contribution is 8.00. The van der Waals surface area contributed by atoms with Gasteiger partial charge in [-0.15, -0.1) is 11.8 Å². The fourth-order valence-electron chi connectivity index (χ4n) is 3.87. The number of likely N-dealkylation sites (tertiary alicyclic amines) is 1. The zero-order chi connectivity index (χ0) is 18.1. The molecule has 2 fully saturated rings. The normalized spacial score (nSPS) is 20.2. The summed E-state index contributed by atoms with van der Waals surface area (Å²) in [6, 6.07) is 18.2. The summed E-state index contributed by atoms with van der Waals surface area (Å²) in [6.45, 7) is 3.30. The van der Waals surface area contributed by atoms with Crippen LogP contribution in [-0.2, 0) is 6.54 Å². The summed E-state index contributed by atoms with van der Waals surface area (Å²) in [4.78, 5) is 8.22. The molecule has 0 unspecified atom stereocenters. The highest BCUT2D eigenvalue weighted by atomic mass is 32.2. The molecule has 4 heteroatoms. The minimum atomic E-state index is 0.508. The number of rotatable bonds is 6. The summed E-state index contributed by atoms with van der Waals surface area (Å²) in [7, 11) is 0. The fraction of sp³-hybridized carbons (Fsp3) is 0.348. The molecule has 2 aliphatic rings. The molecule has 1 saturated heterocycles. The molecule has 2 aromatic carbocycles. The molecule has 1 saturated carbocycles. The van der Waals surface area contributed by atoms with Gasteiger partial charge in [-0.1, -0.05) is 24.3 Å². The number of hydrogen-bond donors (Lipinski definition) is 1. The largest absolute Gasteiger partial charge is 0.380 e. The van der Waals surface area contributed by atoms with Crippen molar-refractivity contribution in [3.8, 4) is 0 Å². The number of nitrogens with one attached hydrogen (secondary N) is 1. The Hall–Kier alpha value is -2.04. The molecule has 2 heterocycles. The zero-order valence-corrected chi connectivity index (χ0v) is 16.3. The van der Waals surface area contributed by atoms with Gasteiger partial charge in [-0.2, -0.15) is 0 Å². The predicted molar refractivity (Wildman–Crippen MR) is 114 cm³/mol. The van der Waals surface area contributed by atoms with Gasteiger partial charge >= 0.3 is 0 Å². The van der Waals surface area contributed by atoms with E-state index in [9.17, 15) is 0 Å². The number of pyridine rings is 1. The lowest BCUT2D eigenvalue weighted by atomic mass is 10.1. The number of aromatic nitrogens is 1. The van der Waals surface area contributed by atoms with E-state index in [1.165, 1.54) is 46.2 Å². The van der Waals surface area contributed by atoms with Gasteiger partial charge in [-0.05, 0) is 49.1 Å². The second kappa shape index (κ2) is 7.53. The fourth-order valence-corrected chi connectivity index (χ4v) is 4.92. The molecule has 3 aromatic rings. The van der Waals surface area contributed by atoms with E-state index >= 15 is 0 Å². The maximum absolute atomic E-state index is 4.23.